The molecule has 2 heteroatoms. The van der Waals surface area contributed by atoms with E-state index in [9.17, 15) is 0 Å². The van der Waals surface area contributed by atoms with Gasteiger partial charge in [0.1, 0.15) is 6.10 Å². The van der Waals surface area contributed by atoms with Crippen LogP contribution in [0.1, 0.15) is 13.3 Å². The summed E-state index contributed by atoms with van der Waals surface area (Å²) in [6.07, 6.45) is 1.25. The lowest BCUT2D eigenvalue weighted by Crippen LogP contribution is -1.98. The fourth-order valence-corrected chi connectivity index (χ4v) is 0.863. The third-order valence-corrected chi connectivity index (χ3v) is 1.42. The third-order valence-electron chi connectivity index (χ3n) is 1.42. The Hall–Kier alpha value is -0.340. The van der Waals surface area contributed by atoms with Crippen molar-refractivity contribution in [1.82, 2.24) is 0 Å². The summed E-state index contributed by atoms with van der Waals surface area (Å²) in [4.78, 5) is 0. The molecule has 0 radical (unpaired) electrons. The second-order valence-corrected chi connectivity index (χ2v) is 2.56. The zero-order valence-corrected chi connectivity index (χ0v) is 5.63. The molecular formula is C7H12O2. The highest BCUT2D eigenvalue weighted by Crippen LogP contribution is 2.26. The minimum absolute atomic E-state index is 0.0988. The Morgan fingerprint density at radius 2 is 2.33 bits per heavy atom. The van der Waals surface area contributed by atoms with E-state index in [1.54, 1.807) is 0 Å². The molecule has 1 aliphatic rings. The van der Waals surface area contributed by atoms with E-state index in [2.05, 4.69) is 6.58 Å². The summed E-state index contributed by atoms with van der Waals surface area (Å²) in [6.45, 7) is 5.86. The fourth-order valence-electron chi connectivity index (χ4n) is 0.863. The first-order valence-electron chi connectivity index (χ1n) is 3.14. The molecule has 9 heavy (non-hydrogen) atoms. The lowest BCUT2D eigenvalue weighted by Gasteiger charge is -1.89. The molecular weight excluding hydrogens is 116 g/mol. The van der Waals surface area contributed by atoms with E-state index in [4.69, 9.17) is 9.84 Å². The van der Waals surface area contributed by atoms with E-state index >= 15 is 0 Å². The van der Waals surface area contributed by atoms with Gasteiger partial charge in [-0.3, -0.25) is 0 Å². The summed E-state index contributed by atoms with van der Waals surface area (Å²) < 4.78 is 5.07. The van der Waals surface area contributed by atoms with Gasteiger partial charge in [-0.05, 0) is 13.3 Å². The van der Waals surface area contributed by atoms with Gasteiger partial charge in [-0.1, -0.05) is 5.57 Å². The Balaban J connectivity index is 2.12. The van der Waals surface area contributed by atoms with Crippen molar-refractivity contribution in [3.8, 4) is 0 Å². The van der Waals surface area contributed by atoms with Crippen LogP contribution in [0.15, 0.2) is 12.2 Å². The average Bonchev–Trinajstić information content (AvgIpc) is 2.45. The Morgan fingerprint density at radius 1 is 1.67 bits per heavy atom. The molecule has 1 N–H and O–H groups in total. The first-order valence-corrected chi connectivity index (χ1v) is 3.14. The molecule has 52 valence electrons. The van der Waals surface area contributed by atoms with Gasteiger partial charge in [-0.25, -0.2) is 0 Å². The van der Waals surface area contributed by atoms with E-state index in [0.29, 0.717) is 0 Å². The second-order valence-electron chi connectivity index (χ2n) is 2.56. The number of aliphatic hydroxyl groups excluding tert-OH is 1. The van der Waals surface area contributed by atoms with Gasteiger partial charge in [0, 0.05) is 0 Å². The molecule has 0 saturated carbocycles. The fraction of sp³-hybridized carbons (Fsp3) is 0.714. The molecule has 2 atom stereocenters. The second kappa shape index (κ2) is 2.50. The van der Waals surface area contributed by atoms with Crippen molar-refractivity contribution < 1.29 is 9.84 Å². The Labute approximate surface area is 55.1 Å². The molecule has 2 nitrogen and oxygen atoms in total. The first-order chi connectivity index (χ1) is 4.24. The Morgan fingerprint density at radius 3 is 2.67 bits per heavy atom. The summed E-state index contributed by atoms with van der Waals surface area (Å²) >= 11 is 0. The van der Waals surface area contributed by atoms with Crippen LogP contribution >= 0.6 is 0 Å². The number of hydrogen-bond acceptors (Lipinski definition) is 2. The van der Waals surface area contributed by atoms with E-state index in [1.165, 1.54) is 0 Å². The average molecular weight is 128 g/mol. The van der Waals surface area contributed by atoms with Gasteiger partial charge in [0.2, 0.25) is 0 Å². The van der Waals surface area contributed by atoms with Gasteiger partial charge in [0.15, 0.2) is 0 Å². The lowest BCUT2D eigenvalue weighted by atomic mass is 10.1. The largest absolute Gasteiger partial charge is 0.394 e. The minimum Gasteiger partial charge on any atom is -0.394 e. The maximum absolute atomic E-state index is 8.53. The van der Waals surface area contributed by atoms with Gasteiger partial charge < -0.3 is 9.84 Å². The molecule has 1 aliphatic heterocycles. The molecule has 0 aromatic carbocycles. The number of rotatable bonds is 3. The monoisotopic (exact) mass is 128 g/mol. The molecule has 0 spiro atoms. The summed E-state index contributed by atoms with van der Waals surface area (Å²) in [5, 5.41) is 8.53. The van der Waals surface area contributed by atoms with Gasteiger partial charge in [-0.15, -0.1) is 6.58 Å². The molecule has 0 amide bonds. The van der Waals surface area contributed by atoms with Crippen molar-refractivity contribution in [2.75, 3.05) is 6.61 Å². The number of ether oxygens (including phenoxy) is 1. The van der Waals surface area contributed by atoms with Crippen molar-refractivity contribution in [2.24, 2.45) is 0 Å². The molecule has 1 rings (SSSR count). The maximum atomic E-state index is 8.53. The standard InChI is InChI=1S/C7H12O2/c1-5(2)3-6-7(4-8)9-6/h6-8H,1,3-4H2,2H3. The topological polar surface area (TPSA) is 32.8 Å². The highest BCUT2D eigenvalue weighted by atomic mass is 16.6. The summed E-state index contributed by atoms with van der Waals surface area (Å²) in [6, 6.07) is 0. The zero-order chi connectivity index (χ0) is 6.85. The van der Waals surface area contributed by atoms with Crippen LogP contribution in [0.2, 0.25) is 0 Å². The number of hydrogen-bond donors (Lipinski definition) is 1. The van der Waals surface area contributed by atoms with Gasteiger partial charge in [0.05, 0.1) is 12.7 Å². The highest BCUT2D eigenvalue weighted by Gasteiger charge is 2.37. The van der Waals surface area contributed by atoms with Crippen molar-refractivity contribution in [3.05, 3.63) is 12.2 Å². The van der Waals surface area contributed by atoms with Crippen molar-refractivity contribution in [1.29, 1.82) is 0 Å². The highest BCUT2D eigenvalue weighted by molar-refractivity contribution is 4.98. The van der Waals surface area contributed by atoms with Crippen molar-refractivity contribution >= 4 is 0 Å². The van der Waals surface area contributed by atoms with Gasteiger partial charge in [0.25, 0.3) is 0 Å². The van der Waals surface area contributed by atoms with Crippen LogP contribution in [-0.4, -0.2) is 23.9 Å². The summed E-state index contributed by atoms with van der Waals surface area (Å²) in [5.74, 6) is 0. The maximum Gasteiger partial charge on any atom is 0.107 e. The molecule has 0 aromatic rings. The van der Waals surface area contributed by atoms with Crippen molar-refractivity contribution in [2.45, 2.75) is 25.6 Å². The normalized spacial score (nSPS) is 32.2. The molecule has 1 saturated heterocycles. The van der Waals surface area contributed by atoms with E-state index in [-0.39, 0.29) is 18.8 Å². The zero-order valence-electron chi connectivity index (χ0n) is 5.63. The molecule has 0 bridgehead atoms. The molecule has 2 unspecified atom stereocenters. The third kappa shape index (κ3) is 1.80. The molecule has 0 aromatic heterocycles. The minimum atomic E-state index is 0.0988. The smallest absolute Gasteiger partial charge is 0.107 e. The SMILES string of the molecule is C=C(C)CC1OC1CO. The van der Waals surface area contributed by atoms with Crippen LogP contribution in [0.5, 0.6) is 0 Å². The van der Waals surface area contributed by atoms with E-state index in [1.807, 2.05) is 6.92 Å². The van der Waals surface area contributed by atoms with Gasteiger partial charge >= 0.3 is 0 Å². The van der Waals surface area contributed by atoms with Crippen LogP contribution < -0.4 is 0 Å². The van der Waals surface area contributed by atoms with Crippen LogP contribution in [0.25, 0.3) is 0 Å². The lowest BCUT2D eigenvalue weighted by molar-refractivity contribution is 0.242. The van der Waals surface area contributed by atoms with E-state index < -0.39 is 0 Å². The van der Waals surface area contributed by atoms with Crippen LogP contribution in [0.4, 0.5) is 0 Å². The first kappa shape index (κ1) is 6.78. The molecule has 0 aliphatic carbocycles. The van der Waals surface area contributed by atoms with Crippen LogP contribution in [0, 0.1) is 0 Å². The van der Waals surface area contributed by atoms with E-state index in [0.717, 1.165) is 12.0 Å². The Bertz CT molecular complexity index is 120. The van der Waals surface area contributed by atoms with Gasteiger partial charge in [-0.2, -0.15) is 0 Å². The predicted octanol–water partition coefficient (Wildman–Crippen LogP) is 0.712. The molecule has 1 fully saturated rings. The van der Waals surface area contributed by atoms with Crippen molar-refractivity contribution in [3.63, 3.8) is 0 Å². The van der Waals surface area contributed by atoms with Crippen LogP contribution in [-0.2, 0) is 4.74 Å². The number of epoxide rings is 1. The summed E-state index contributed by atoms with van der Waals surface area (Å²) in [5.41, 5.74) is 1.12. The predicted molar refractivity (Wildman–Crippen MR) is 35.2 cm³/mol. The summed E-state index contributed by atoms with van der Waals surface area (Å²) in [7, 11) is 0. The number of aliphatic hydroxyl groups is 1. The molecule has 1 heterocycles. The van der Waals surface area contributed by atoms with Crippen LogP contribution in [0.3, 0.4) is 0 Å². The Kier molecular flexibility index (Phi) is 1.88. The quantitative estimate of drug-likeness (QED) is 0.448.